The van der Waals surface area contributed by atoms with Gasteiger partial charge in [-0.1, -0.05) is 17.3 Å². The minimum absolute atomic E-state index is 0.274. The average molecular weight is 354 g/mol. The lowest BCUT2D eigenvalue weighted by Crippen LogP contribution is -2.46. The van der Waals surface area contributed by atoms with Gasteiger partial charge >= 0.3 is 6.01 Å². The molecule has 0 amide bonds. The zero-order valence-corrected chi connectivity index (χ0v) is 14.4. The second-order valence-corrected chi connectivity index (χ2v) is 6.05. The van der Waals surface area contributed by atoms with Gasteiger partial charge in [-0.25, -0.2) is 4.39 Å². The molecular formula is C19H19FN4O2. The van der Waals surface area contributed by atoms with Gasteiger partial charge in [0.25, 0.3) is 0 Å². The molecule has 0 atom stereocenters. The van der Waals surface area contributed by atoms with Crippen LogP contribution in [0.2, 0.25) is 0 Å². The first-order chi connectivity index (χ1) is 12.7. The Hall–Kier alpha value is -3.09. The number of benzene rings is 2. The number of aromatic nitrogens is 2. The second kappa shape index (κ2) is 7.03. The SMILES string of the molecule is COc1ccc(N2CCN(c3nc(-c4ccccc4F)no3)CC2)cc1. The Morgan fingerprint density at radius 3 is 2.35 bits per heavy atom. The first-order valence-corrected chi connectivity index (χ1v) is 8.47. The van der Waals surface area contributed by atoms with Crippen molar-refractivity contribution in [2.45, 2.75) is 0 Å². The molecule has 26 heavy (non-hydrogen) atoms. The van der Waals surface area contributed by atoms with Crippen LogP contribution in [0.4, 0.5) is 16.1 Å². The molecule has 1 aliphatic heterocycles. The van der Waals surface area contributed by atoms with Crippen molar-refractivity contribution < 1.29 is 13.7 Å². The quantitative estimate of drug-likeness (QED) is 0.717. The van der Waals surface area contributed by atoms with E-state index in [1.165, 1.54) is 6.07 Å². The summed E-state index contributed by atoms with van der Waals surface area (Å²) in [5, 5.41) is 3.92. The first kappa shape index (κ1) is 16.4. The Balaban J connectivity index is 1.43. The van der Waals surface area contributed by atoms with Crippen LogP contribution < -0.4 is 14.5 Å². The van der Waals surface area contributed by atoms with Crippen LogP contribution in [0.5, 0.6) is 5.75 Å². The molecule has 1 aliphatic rings. The van der Waals surface area contributed by atoms with Crippen LogP contribution in [0.1, 0.15) is 0 Å². The van der Waals surface area contributed by atoms with Gasteiger partial charge in [0.05, 0.1) is 12.7 Å². The second-order valence-electron chi connectivity index (χ2n) is 6.05. The molecule has 1 fully saturated rings. The Labute approximate surface area is 150 Å². The molecule has 7 heteroatoms. The number of methoxy groups -OCH3 is 1. The van der Waals surface area contributed by atoms with Crippen molar-refractivity contribution >= 4 is 11.7 Å². The average Bonchev–Trinajstić information content (AvgIpc) is 3.18. The van der Waals surface area contributed by atoms with E-state index in [0.717, 1.165) is 37.6 Å². The number of piperazine rings is 1. The summed E-state index contributed by atoms with van der Waals surface area (Å²) in [6.45, 7) is 3.18. The number of anilines is 2. The van der Waals surface area contributed by atoms with Crippen molar-refractivity contribution in [1.82, 2.24) is 10.1 Å². The van der Waals surface area contributed by atoms with E-state index >= 15 is 0 Å². The van der Waals surface area contributed by atoms with Gasteiger partial charge in [0, 0.05) is 31.9 Å². The lowest BCUT2D eigenvalue weighted by Gasteiger charge is -2.35. The summed E-state index contributed by atoms with van der Waals surface area (Å²) in [4.78, 5) is 8.68. The number of ether oxygens (including phenoxy) is 1. The molecule has 0 unspecified atom stereocenters. The molecule has 4 rings (SSSR count). The molecule has 1 aromatic heterocycles. The van der Waals surface area contributed by atoms with Crippen LogP contribution in [-0.2, 0) is 0 Å². The molecule has 0 bridgehead atoms. The van der Waals surface area contributed by atoms with Crippen LogP contribution in [0.15, 0.2) is 53.1 Å². The molecular weight excluding hydrogens is 335 g/mol. The minimum Gasteiger partial charge on any atom is -0.497 e. The highest BCUT2D eigenvalue weighted by molar-refractivity contribution is 5.56. The van der Waals surface area contributed by atoms with E-state index in [0.29, 0.717) is 11.6 Å². The molecule has 0 saturated carbocycles. The van der Waals surface area contributed by atoms with Crippen LogP contribution in [-0.4, -0.2) is 43.4 Å². The molecule has 3 aromatic rings. The Morgan fingerprint density at radius 2 is 1.65 bits per heavy atom. The predicted octanol–water partition coefficient (Wildman–Crippen LogP) is 3.21. The minimum atomic E-state index is -0.357. The van der Waals surface area contributed by atoms with Gasteiger partial charge < -0.3 is 19.1 Å². The van der Waals surface area contributed by atoms with Crippen molar-refractivity contribution in [2.75, 3.05) is 43.1 Å². The lowest BCUT2D eigenvalue weighted by molar-refractivity contribution is 0.409. The number of hydrogen-bond acceptors (Lipinski definition) is 6. The highest BCUT2D eigenvalue weighted by Gasteiger charge is 2.22. The zero-order valence-electron chi connectivity index (χ0n) is 14.4. The van der Waals surface area contributed by atoms with Crippen molar-refractivity contribution in [2.24, 2.45) is 0 Å². The van der Waals surface area contributed by atoms with Crippen molar-refractivity contribution in [3.63, 3.8) is 0 Å². The van der Waals surface area contributed by atoms with Gasteiger partial charge in [0.15, 0.2) is 0 Å². The lowest BCUT2D eigenvalue weighted by atomic mass is 10.2. The Kier molecular flexibility index (Phi) is 4.43. The van der Waals surface area contributed by atoms with Crippen LogP contribution >= 0.6 is 0 Å². The van der Waals surface area contributed by atoms with E-state index in [2.05, 4.69) is 27.2 Å². The summed E-state index contributed by atoms with van der Waals surface area (Å²) in [5.74, 6) is 0.763. The van der Waals surface area contributed by atoms with Crippen molar-refractivity contribution in [1.29, 1.82) is 0 Å². The normalized spacial score (nSPS) is 14.5. The number of rotatable bonds is 4. The van der Waals surface area contributed by atoms with E-state index in [1.807, 2.05) is 17.0 Å². The monoisotopic (exact) mass is 354 g/mol. The third-order valence-corrected chi connectivity index (χ3v) is 4.52. The molecule has 6 nitrogen and oxygen atoms in total. The molecule has 0 N–H and O–H groups in total. The maximum absolute atomic E-state index is 13.9. The molecule has 2 aromatic carbocycles. The standard InChI is InChI=1S/C19H19FN4O2/c1-25-15-8-6-14(7-9-15)23-10-12-24(13-11-23)19-21-18(22-26-19)16-4-2-3-5-17(16)20/h2-9H,10-13H2,1H3. The predicted molar refractivity (Wildman–Crippen MR) is 97.1 cm³/mol. The van der Waals surface area contributed by atoms with Gasteiger partial charge in [-0.3, -0.25) is 0 Å². The summed E-state index contributed by atoms with van der Waals surface area (Å²) in [6, 6.07) is 14.9. The van der Waals surface area contributed by atoms with E-state index < -0.39 is 0 Å². The zero-order chi connectivity index (χ0) is 17.9. The number of hydrogen-bond donors (Lipinski definition) is 0. The smallest absolute Gasteiger partial charge is 0.324 e. The van der Waals surface area contributed by atoms with Gasteiger partial charge in [0.2, 0.25) is 5.82 Å². The fourth-order valence-corrected chi connectivity index (χ4v) is 3.04. The fourth-order valence-electron chi connectivity index (χ4n) is 3.04. The van der Waals surface area contributed by atoms with Crippen molar-refractivity contribution in [3.05, 3.63) is 54.3 Å². The fraction of sp³-hybridized carbons (Fsp3) is 0.263. The van der Waals surface area contributed by atoms with Gasteiger partial charge in [0.1, 0.15) is 11.6 Å². The van der Waals surface area contributed by atoms with E-state index in [9.17, 15) is 4.39 Å². The summed E-state index contributed by atoms with van der Waals surface area (Å²) in [5.41, 5.74) is 1.50. The van der Waals surface area contributed by atoms with Crippen LogP contribution in [0.25, 0.3) is 11.4 Å². The largest absolute Gasteiger partial charge is 0.497 e. The highest BCUT2D eigenvalue weighted by atomic mass is 19.1. The maximum Gasteiger partial charge on any atom is 0.324 e. The maximum atomic E-state index is 13.9. The molecule has 0 spiro atoms. The molecule has 0 radical (unpaired) electrons. The van der Waals surface area contributed by atoms with Crippen LogP contribution in [0.3, 0.4) is 0 Å². The summed E-state index contributed by atoms with van der Waals surface area (Å²) in [7, 11) is 1.66. The molecule has 2 heterocycles. The van der Waals surface area contributed by atoms with E-state index in [-0.39, 0.29) is 11.6 Å². The summed E-state index contributed by atoms with van der Waals surface area (Å²) < 4.78 is 24.4. The number of halogens is 1. The summed E-state index contributed by atoms with van der Waals surface area (Å²) >= 11 is 0. The summed E-state index contributed by atoms with van der Waals surface area (Å²) in [6.07, 6.45) is 0. The Bertz CT molecular complexity index is 873. The third kappa shape index (κ3) is 3.20. The Morgan fingerprint density at radius 1 is 0.962 bits per heavy atom. The van der Waals surface area contributed by atoms with Gasteiger partial charge in [-0.15, -0.1) is 0 Å². The topological polar surface area (TPSA) is 54.6 Å². The number of nitrogens with zero attached hydrogens (tertiary/aromatic N) is 4. The van der Waals surface area contributed by atoms with E-state index in [4.69, 9.17) is 9.26 Å². The highest BCUT2D eigenvalue weighted by Crippen LogP contribution is 2.25. The third-order valence-electron chi connectivity index (χ3n) is 4.52. The van der Waals surface area contributed by atoms with Gasteiger partial charge in [-0.05, 0) is 36.4 Å². The first-order valence-electron chi connectivity index (χ1n) is 8.47. The van der Waals surface area contributed by atoms with Gasteiger partial charge in [-0.2, -0.15) is 4.98 Å². The molecule has 134 valence electrons. The van der Waals surface area contributed by atoms with Crippen molar-refractivity contribution in [3.8, 4) is 17.1 Å². The molecule has 1 saturated heterocycles. The molecule has 0 aliphatic carbocycles. The van der Waals surface area contributed by atoms with E-state index in [1.54, 1.807) is 25.3 Å². The van der Waals surface area contributed by atoms with Crippen LogP contribution in [0, 0.1) is 5.82 Å².